The fraction of sp³-hybridized carbons (Fsp3) is 0.333. The van der Waals surface area contributed by atoms with Gasteiger partial charge >= 0.3 is 0 Å². The van der Waals surface area contributed by atoms with Crippen LogP contribution >= 0.6 is 22.9 Å². The van der Waals surface area contributed by atoms with Crippen LogP contribution in [0.5, 0.6) is 0 Å². The molecule has 3 heterocycles. The summed E-state index contributed by atoms with van der Waals surface area (Å²) in [5.74, 6) is -0.372. The van der Waals surface area contributed by atoms with Crippen LogP contribution in [0, 0.1) is 0 Å². The van der Waals surface area contributed by atoms with E-state index in [1.165, 1.54) is 17.4 Å². The van der Waals surface area contributed by atoms with Gasteiger partial charge in [0, 0.05) is 31.1 Å². The van der Waals surface area contributed by atoms with Crippen molar-refractivity contribution < 1.29 is 14.4 Å². The van der Waals surface area contributed by atoms with Crippen molar-refractivity contribution in [1.82, 2.24) is 19.4 Å². The van der Waals surface area contributed by atoms with Crippen molar-refractivity contribution in [2.75, 3.05) is 44.4 Å². The Labute approximate surface area is 230 Å². The monoisotopic (exact) mass is 554 g/mol. The Bertz CT molecular complexity index is 1380. The molecule has 0 unspecified atom stereocenters. The summed E-state index contributed by atoms with van der Waals surface area (Å²) in [5.41, 5.74) is 1.89. The van der Waals surface area contributed by atoms with Crippen LogP contribution in [-0.4, -0.2) is 70.8 Å². The molecular weight excluding hydrogens is 524 g/mol. The summed E-state index contributed by atoms with van der Waals surface area (Å²) in [4.78, 5) is 46.8. The average Bonchev–Trinajstić information content (AvgIpc) is 3.41. The number of halogens is 1. The zero-order chi connectivity index (χ0) is 27.2. The number of rotatable bonds is 8. The molecule has 0 saturated carbocycles. The van der Waals surface area contributed by atoms with E-state index in [1.807, 2.05) is 46.7 Å². The van der Waals surface area contributed by atoms with E-state index < -0.39 is 0 Å². The number of hydrogen-bond acceptors (Lipinski definition) is 6. The van der Waals surface area contributed by atoms with E-state index in [0.29, 0.717) is 46.7 Å². The largest absolute Gasteiger partial charge is 0.337 e. The second kappa shape index (κ2) is 12.4. The van der Waals surface area contributed by atoms with Crippen LogP contribution in [0.3, 0.4) is 0 Å². The maximum Gasteiger partial charge on any atom is 0.268 e. The Morgan fingerprint density at radius 2 is 2.08 bits per heavy atom. The van der Waals surface area contributed by atoms with Gasteiger partial charge in [0.15, 0.2) is 0 Å². The maximum atomic E-state index is 13.2. The minimum absolute atomic E-state index is 0.0347. The van der Waals surface area contributed by atoms with Crippen molar-refractivity contribution in [3.63, 3.8) is 0 Å². The summed E-state index contributed by atoms with van der Waals surface area (Å²) < 4.78 is 1.96. The number of fused-ring (bicyclic) bond motifs is 1. The van der Waals surface area contributed by atoms with Gasteiger partial charge in [0.05, 0.1) is 32.7 Å². The molecule has 3 aromatic rings. The van der Waals surface area contributed by atoms with E-state index in [2.05, 4.69) is 17.2 Å². The number of nitrogens with zero attached hydrogens (tertiary/aromatic N) is 4. The predicted molar refractivity (Wildman–Crippen MR) is 153 cm³/mol. The first-order valence-electron chi connectivity index (χ1n) is 12.4. The molecule has 38 heavy (non-hydrogen) atoms. The topological polar surface area (TPSA) is 99.6 Å². The fourth-order valence-electron chi connectivity index (χ4n) is 4.43. The lowest BCUT2D eigenvalue weighted by Gasteiger charge is -2.26. The highest BCUT2D eigenvalue weighted by atomic mass is 35.5. The molecule has 1 aromatic carbocycles. The normalized spacial score (nSPS) is 16.1. The van der Waals surface area contributed by atoms with Gasteiger partial charge in [0.25, 0.3) is 5.91 Å². The van der Waals surface area contributed by atoms with Crippen LogP contribution in [0.4, 0.5) is 11.6 Å². The second-order valence-electron chi connectivity index (χ2n) is 9.36. The minimum Gasteiger partial charge on any atom is -0.337 e. The molecule has 1 fully saturated rings. The molecule has 0 aliphatic carbocycles. The number of nitrogens with one attached hydrogen (secondary N) is 2. The standard InChI is InChI=1S/C27H31ClN6O3S/c1-4-23(35)29-18-15-22(38-17-18)26(37)31-27-30-21-11-7-10-20(28)25(21)34(27)19-9-5-6-14-33(16-19)24(36)12-8-13-32(2)3/h4,7-8,10-12,15,17,19H,1,5-6,9,13-14,16H2,2-3H3,(H,29,35)(H,30,31,37)/b12-8+/t19-/m1/s1. The lowest BCUT2D eigenvalue weighted by molar-refractivity contribution is -0.126. The number of amides is 3. The second-order valence-corrected chi connectivity index (χ2v) is 10.7. The van der Waals surface area contributed by atoms with Crippen molar-refractivity contribution in [3.8, 4) is 0 Å². The summed E-state index contributed by atoms with van der Waals surface area (Å²) >= 11 is 7.85. The Balaban J connectivity index is 1.63. The molecule has 11 heteroatoms. The number of anilines is 2. The van der Waals surface area contributed by atoms with Crippen molar-refractivity contribution in [2.24, 2.45) is 0 Å². The molecule has 1 aliphatic rings. The number of benzene rings is 1. The van der Waals surface area contributed by atoms with E-state index in [0.717, 1.165) is 24.8 Å². The van der Waals surface area contributed by atoms with Crippen molar-refractivity contribution >= 4 is 63.3 Å². The lowest BCUT2D eigenvalue weighted by atomic mass is 10.1. The Hall–Kier alpha value is -3.47. The molecule has 200 valence electrons. The van der Waals surface area contributed by atoms with Gasteiger partial charge in [-0.15, -0.1) is 11.3 Å². The van der Waals surface area contributed by atoms with E-state index in [9.17, 15) is 14.4 Å². The molecule has 3 amide bonds. The number of para-hydroxylation sites is 1. The van der Waals surface area contributed by atoms with Gasteiger partial charge in [-0.3, -0.25) is 19.7 Å². The molecule has 1 aliphatic heterocycles. The molecule has 2 aromatic heterocycles. The summed E-state index contributed by atoms with van der Waals surface area (Å²) in [6, 6.07) is 6.94. The lowest BCUT2D eigenvalue weighted by Crippen LogP contribution is -2.34. The number of carbonyl (C=O) groups excluding carboxylic acids is 3. The van der Waals surface area contributed by atoms with E-state index >= 15 is 0 Å². The number of thiophene rings is 1. The average molecular weight is 555 g/mol. The quantitative estimate of drug-likeness (QED) is 0.390. The highest BCUT2D eigenvalue weighted by Gasteiger charge is 2.27. The maximum absolute atomic E-state index is 13.2. The number of likely N-dealkylation sites (tertiary alicyclic amines) is 1. The SMILES string of the molecule is C=CC(=O)Nc1csc(C(=O)Nc2nc3cccc(Cl)c3n2[C@@H]2CCCCN(C(=O)/C=C/CN(C)C)C2)c1. The fourth-order valence-corrected chi connectivity index (χ4v) is 5.42. The van der Waals surface area contributed by atoms with Gasteiger partial charge < -0.3 is 19.7 Å². The zero-order valence-corrected chi connectivity index (χ0v) is 23.0. The van der Waals surface area contributed by atoms with Crippen molar-refractivity contribution in [3.05, 3.63) is 64.4 Å². The summed E-state index contributed by atoms with van der Waals surface area (Å²) in [5, 5.41) is 7.81. The van der Waals surface area contributed by atoms with Crippen molar-refractivity contribution in [2.45, 2.75) is 25.3 Å². The molecular formula is C27H31ClN6O3S. The highest BCUT2D eigenvalue weighted by Crippen LogP contribution is 2.34. The minimum atomic E-state index is -0.352. The third-order valence-corrected chi connectivity index (χ3v) is 7.45. The van der Waals surface area contributed by atoms with Gasteiger partial charge in [-0.05, 0) is 57.6 Å². The smallest absolute Gasteiger partial charge is 0.268 e. The Kier molecular flexibility index (Phi) is 8.98. The third kappa shape index (κ3) is 6.50. The van der Waals surface area contributed by atoms with E-state index in [-0.39, 0.29) is 23.8 Å². The van der Waals surface area contributed by atoms with Gasteiger partial charge in [0.1, 0.15) is 0 Å². The van der Waals surface area contributed by atoms with Gasteiger partial charge in [-0.2, -0.15) is 0 Å². The summed E-state index contributed by atoms with van der Waals surface area (Å²) in [7, 11) is 3.91. The third-order valence-electron chi connectivity index (χ3n) is 6.22. The first-order valence-corrected chi connectivity index (χ1v) is 13.6. The molecule has 2 N–H and O–H groups in total. The number of imidazole rings is 1. The highest BCUT2D eigenvalue weighted by molar-refractivity contribution is 7.12. The van der Waals surface area contributed by atoms with Gasteiger partial charge in [-0.1, -0.05) is 30.3 Å². The molecule has 9 nitrogen and oxygen atoms in total. The van der Waals surface area contributed by atoms with Crippen LogP contribution in [0.1, 0.15) is 35.0 Å². The van der Waals surface area contributed by atoms with E-state index in [1.54, 1.807) is 23.6 Å². The number of aromatic nitrogens is 2. The first kappa shape index (κ1) is 27.6. The molecule has 0 bridgehead atoms. The molecule has 1 atom stereocenters. The Morgan fingerprint density at radius 3 is 2.84 bits per heavy atom. The van der Waals surface area contributed by atoms with Crippen molar-refractivity contribution in [1.29, 1.82) is 0 Å². The number of carbonyl (C=O) groups is 3. The van der Waals surface area contributed by atoms with Crippen LogP contribution in [-0.2, 0) is 9.59 Å². The zero-order valence-electron chi connectivity index (χ0n) is 21.4. The van der Waals surface area contributed by atoms with Crippen LogP contribution in [0.15, 0.2) is 54.5 Å². The van der Waals surface area contributed by atoms with Gasteiger partial charge in [0.2, 0.25) is 17.8 Å². The van der Waals surface area contributed by atoms with E-state index in [4.69, 9.17) is 16.6 Å². The molecule has 0 radical (unpaired) electrons. The predicted octanol–water partition coefficient (Wildman–Crippen LogP) is 4.80. The molecule has 0 spiro atoms. The Morgan fingerprint density at radius 1 is 1.26 bits per heavy atom. The summed E-state index contributed by atoms with van der Waals surface area (Å²) in [6.45, 7) is 5.26. The molecule has 4 rings (SSSR count). The van der Waals surface area contributed by atoms with Gasteiger partial charge in [-0.25, -0.2) is 4.98 Å². The molecule has 1 saturated heterocycles. The summed E-state index contributed by atoms with van der Waals surface area (Å²) in [6.07, 6.45) is 7.28. The first-order chi connectivity index (χ1) is 18.3. The van der Waals surface area contributed by atoms with Crippen LogP contribution in [0.25, 0.3) is 11.0 Å². The van der Waals surface area contributed by atoms with Crippen LogP contribution < -0.4 is 10.6 Å². The number of hydrogen-bond donors (Lipinski definition) is 2. The van der Waals surface area contributed by atoms with Crippen LogP contribution in [0.2, 0.25) is 5.02 Å². The number of likely N-dealkylation sites (N-methyl/N-ethyl adjacent to an activating group) is 1.